The molecule has 2 N–H and O–H groups in total. The lowest BCUT2D eigenvalue weighted by molar-refractivity contribution is 0.242. The van der Waals surface area contributed by atoms with Crippen LogP contribution in [0.3, 0.4) is 0 Å². The highest BCUT2D eigenvalue weighted by atomic mass is 79.9. The number of likely N-dealkylation sites (N-methyl/N-ethyl adjacent to an activating group) is 1. The molecule has 0 aromatic carbocycles. The number of nitrogens with one attached hydrogen (secondary N) is 1. The van der Waals surface area contributed by atoms with E-state index in [-0.39, 0.29) is 12.6 Å². The van der Waals surface area contributed by atoms with Gasteiger partial charge in [-0.05, 0) is 36.1 Å². The van der Waals surface area contributed by atoms with E-state index in [1.54, 1.807) is 0 Å². The quantitative estimate of drug-likeness (QED) is 0.842. The van der Waals surface area contributed by atoms with Gasteiger partial charge in [0.25, 0.3) is 0 Å². The van der Waals surface area contributed by atoms with E-state index in [0.717, 1.165) is 26.8 Å². The van der Waals surface area contributed by atoms with Crippen molar-refractivity contribution in [2.75, 3.05) is 33.8 Å². The standard InChI is InChI=1S/C10H16BrClN2OS/c1-14(2)4-3-13-8(6-15)9-5-7(11)10(12)16-9/h5,8,13,15H,3-4,6H2,1-2H3. The molecule has 1 aromatic rings. The van der Waals surface area contributed by atoms with E-state index < -0.39 is 0 Å². The van der Waals surface area contributed by atoms with Gasteiger partial charge in [0.1, 0.15) is 4.34 Å². The summed E-state index contributed by atoms with van der Waals surface area (Å²) in [5.41, 5.74) is 0. The molecule has 0 bridgehead atoms. The van der Waals surface area contributed by atoms with Crippen LogP contribution in [0.15, 0.2) is 10.5 Å². The number of nitrogens with zero attached hydrogens (tertiary/aromatic N) is 1. The largest absolute Gasteiger partial charge is 0.394 e. The minimum Gasteiger partial charge on any atom is -0.394 e. The lowest BCUT2D eigenvalue weighted by Gasteiger charge is -2.16. The van der Waals surface area contributed by atoms with Crippen LogP contribution in [0, 0.1) is 0 Å². The van der Waals surface area contributed by atoms with Crippen LogP contribution in [0.2, 0.25) is 4.34 Å². The van der Waals surface area contributed by atoms with Crippen LogP contribution >= 0.6 is 38.9 Å². The fourth-order valence-electron chi connectivity index (χ4n) is 1.25. The Kier molecular flexibility index (Phi) is 6.25. The summed E-state index contributed by atoms with van der Waals surface area (Å²) in [7, 11) is 4.04. The van der Waals surface area contributed by atoms with Crippen LogP contribution < -0.4 is 5.32 Å². The van der Waals surface area contributed by atoms with Crippen molar-refractivity contribution in [1.82, 2.24) is 10.2 Å². The van der Waals surface area contributed by atoms with Gasteiger partial charge in [-0.3, -0.25) is 0 Å². The summed E-state index contributed by atoms with van der Waals surface area (Å²) in [5, 5.41) is 12.6. The summed E-state index contributed by atoms with van der Waals surface area (Å²) in [6, 6.07) is 1.92. The highest BCUT2D eigenvalue weighted by Crippen LogP contribution is 2.34. The molecule has 0 fully saturated rings. The third-order valence-corrected chi connectivity index (χ3v) is 4.73. The molecular formula is C10H16BrClN2OS. The topological polar surface area (TPSA) is 35.5 Å². The second kappa shape index (κ2) is 6.93. The normalized spacial score (nSPS) is 13.4. The SMILES string of the molecule is CN(C)CCNC(CO)c1cc(Br)c(Cl)s1. The minimum absolute atomic E-state index is 0.0336. The summed E-state index contributed by atoms with van der Waals surface area (Å²) >= 11 is 10.8. The summed E-state index contributed by atoms with van der Waals surface area (Å²) in [6.45, 7) is 1.86. The number of halogens is 2. The highest BCUT2D eigenvalue weighted by molar-refractivity contribution is 9.10. The summed E-state index contributed by atoms with van der Waals surface area (Å²) < 4.78 is 1.62. The molecule has 0 aliphatic rings. The zero-order valence-electron chi connectivity index (χ0n) is 9.33. The molecule has 1 unspecified atom stereocenters. The maximum absolute atomic E-state index is 9.32. The molecule has 1 atom stereocenters. The number of hydrogen-bond acceptors (Lipinski definition) is 4. The van der Waals surface area contributed by atoms with Crippen LogP contribution in [0.4, 0.5) is 0 Å². The Morgan fingerprint density at radius 3 is 2.75 bits per heavy atom. The van der Waals surface area contributed by atoms with Gasteiger partial charge in [0.05, 0.1) is 12.6 Å². The van der Waals surface area contributed by atoms with Crippen molar-refractivity contribution in [2.45, 2.75) is 6.04 Å². The molecule has 1 aromatic heterocycles. The molecule has 0 saturated carbocycles. The Hall–Kier alpha value is 0.350. The van der Waals surface area contributed by atoms with Gasteiger partial charge in [-0.1, -0.05) is 11.6 Å². The number of thiophene rings is 1. The molecule has 0 aliphatic carbocycles. The van der Waals surface area contributed by atoms with Gasteiger partial charge in [0.2, 0.25) is 0 Å². The first-order valence-corrected chi connectivity index (χ1v) is 6.97. The maximum Gasteiger partial charge on any atom is 0.107 e. The molecular weight excluding hydrogens is 312 g/mol. The predicted octanol–water partition coefficient (Wildman–Crippen LogP) is 2.35. The first-order chi connectivity index (χ1) is 7.54. The van der Waals surface area contributed by atoms with Gasteiger partial charge in [-0.25, -0.2) is 0 Å². The van der Waals surface area contributed by atoms with Gasteiger partial charge >= 0.3 is 0 Å². The van der Waals surface area contributed by atoms with Crippen molar-refractivity contribution < 1.29 is 5.11 Å². The van der Waals surface area contributed by atoms with Crippen molar-refractivity contribution >= 4 is 38.9 Å². The second-order valence-electron chi connectivity index (χ2n) is 3.76. The van der Waals surface area contributed by atoms with Crippen LogP contribution in [0.25, 0.3) is 0 Å². The molecule has 1 heterocycles. The fraction of sp³-hybridized carbons (Fsp3) is 0.600. The average Bonchev–Trinajstić information content (AvgIpc) is 2.53. The van der Waals surface area contributed by atoms with Crippen LogP contribution in [0.1, 0.15) is 10.9 Å². The second-order valence-corrected chi connectivity index (χ2v) is 6.30. The van der Waals surface area contributed by atoms with E-state index in [2.05, 4.69) is 26.1 Å². The van der Waals surface area contributed by atoms with Gasteiger partial charge in [-0.15, -0.1) is 11.3 Å². The lowest BCUT2D eigenvalue weighted by Crippen LogP contribution is -2.31. The molecule has 1 rings (SSSR count). The van der Waals surface area contributed by atoms with Crippen molar-refractivity contribution in [3.63, 3.8) is 0 Å². The average molecular weight is 328 g/mol. The third kappa shape index (κ3) is 4.31. The predicted molar refractivity (Wildman–Crippen MR) is 73.4 cm³/mol. The zero-order chi connectivity index (χ0) is 12.1. The minimum atomic E-state index is -0.0336. The van der Waals surface area contributed by atoms with Crippen LogP contribution in [-0.2, 0) is 0 Å². The van der Waals surface area contributed by atoms with Gasteiger partial charge in [0, 0.05) is 22.4 Å². The van der Waals surface area contributed by atoms with Crippen molar-refractivity contribution in [3.05, 3.63) is 19.8 Å². The van der Waals surface area contributed by atoms with Crippen molar-refractivity contribution in [3.8, 4) is 0 Å². The van der Waals surface area contributed by atoms with Crippen molar-refractivity contribution in [2.24, 2.45) is 0 Å². The number of aliphatic hydroxyl groups excluding tert-OH is 1. The van der Waals surface area contributed by atoms with Crippen LogP contribution in [-0.4, -0.2) is 43.8 Å². The van der Waals surface area contributed by atoms with Gasteiger partial charge in [0.15, 0.2) is 0 Å². The van der Waals surface area contributed by atoms with Gasteiger partial charge in [-0.2, -0.15) is 0 Å². The van der Waals surface area contributed by atoms with E-state index in [1.807, 2.05) is 20.2 Å². The Bertz CT molecular complexity index is 313. The Balaban J connectivity index is 2.53. The molecule has 0 saturated heterocycles. The molecule has 16 heavy (non-hydrogen) atoms. The van der Waals surface area contributed by atoms with E-state index >= 15 is 0 Å². The third-order valence-electron chi connectivity index (χ3n) is 2.14. The number of rotatable bonds is 6. The van der Waals surface area contributed by atoms with Crippen molar-refractivity contribution in [1.29, 1.82) is 0 Å². The van der Waals surface area contributed by atoms with E-state index in [9.17, 15) is 5.11 Å². The molecule has 0 radical (unpaired) electrons. The molecule has 6 heteroatoms. The zero-order valence-corrected chi connectivity index (χ0v) is 12.5. The maximum atomic E-state index is 9.32. The Morgan fingerprint density at radius 1 is 1.62 bits per heavy atom. The number of hydrogen-bond donors (Lipinski definition) is 2. The molecule has 92 valence electrons. The van der Waals surface area contributed by atoms with E-state index in [1.165, 1.54) is 11.3 Å². The molecule has 0 spiro atoms. The Morgan fingerprint density at radius 2 is 2.31 bits per heavy atom. The fourth-order valence-corrected chi connectivity index (χ4v) is 3.06. The summed E-state index contributed by atoms with van der Waals surface area (Å²) in [4.78, 5) is 3.15. The first kappa shape index (κ1) is 14.4. The molecule has 0 amide bonds. The smallest absolute Gasteiger partial charge is 0.107 e. The first-order valence-electron chi connectivity index (χ1n) is 4.98. The molecule has 0 aliphatic heterocycles. The number of aliphatic hydroxyl groups is 1. The highest BCUT2D eigenvalue weighted by Gasteiger charge is 2.14. The lowest BCUT2D eigenvalue weighted by atomic mass is 10.2. The Labute approximate surface area is 114 Å². The van der Waals surface area contributed by atoms with E-state index in [4.69, 9.17) is 11.6 Å². The summed E-state index contributed by atoms with van der Waals surface area (Å²) in [5.74, 6) is 0. The monoisotopic (exact) mass is 326 g/mol. The molecule has 3 nitrogen and oxygen atoms in total. The summed E-state index contributed by atoms with van der Waals surface area (Å²) in [6.07, 6.45) is 0. The van der Waals surface area contributed by atoms with Gasteiger partial charge < -0.3 is 15.3 Å². The van der Waals surface area contributed by atoms with E-state index in [0.29, 0.717) is 0 Å². The van der Waals surface area contributed by atoms with Crippen LogP contribution in [0.5, 0.6) is 0 Å².